The van der Waals surface area contributed by atoms with Crippen molar-refractivity contribution in [3.8, 4) is 0 Å². The first-order chi connectivity index (χ1) is 9.37. The molecule has 0 aliphatic carbocycles. The van der Waals surface area contributed by atoms with Gasteiger partial charge in [0.2, 0.25) is 0 Å². The van der Waals surface area contributed by atoms with Crippen molar-refractivity contribution in [2.24, 2.45) is 23.4 Å². The van der Waals surface area contributed by atoms with E-state index in [0.717, 1.165) is 42.6 Å². The average molecular weight is 344 g/mol. The molecule has 0 bridgehead atoms. The third-order valence-electron chi connectivity index (χ3n) is 4.32. The maximum Gasteiger partial charge on any atom is 0.145 e. The van der Waals surface area contributed by atoms with Gasteiger partial charge in [0.1, 0.15) is 5.84 Å². The van der Waals surface area contributed by atoms with Crippen molar-refractivity contribution in [2.75, 3.05) is 13.1 Å². The van der Waals surface area contributed by atoms with Crippen LogP contribution in [0.4, 0.5) is 0 Å². The molecule has 1 fully saturated rings. The molecule has 2 rings (SSSR count). The molecule has 0 atom stereocenters. The highest BCUT2D eigenvalue weighted by Crippen LogP contribution is 2.32. The number of nitrogens with two attached hydrogens (primary N) is 1. The minimum atomic E-state index is -0.190. The zero-order valence-corrected chi connectivity index (χ0v) is 13.8. The van der Waals surface area contributed by atoms with Crippen molar-refractivity contribution in [3.63, 3.8) is 0 Å². The van der Waals surface area contributed by atoms with Gasteiger partial charge in [-0.05, 0) is 48.8 Å². The number of likely N-dealkylation sites (tertiary alicyclic amines) is 1. The fourth-order valence-electron chi connectivity index (χ4n) is 2.65. The second kappa shape index (κ2) is 5.73. The van der Waals surface area contributed by atoms with Crippen LogP contribution >= 0.6 is 15.9 Å². The van der Waals surface area contributed by atoms with E-state index in [0.29, 0.717) is 5.84 Å². The SMILES string of the molecule is Cc1nn(C)c(CN2CCC(C)(C(N)=NO)CC2)c1Br. The Hall–Kier alpha value is -1.08. The van der Waals surface area contributed by atoms with Gasteiger partial charge in [-0.1, -0.05) is 12.1 Å². The maximum absolute atomic E-state index is 8.86. The van der Waals surface area contributed by atoms with Gasteiger partial charge >= 0.3 is 0 Å². The molecular weight excluding hydrogens is 322 g/mol. The van der Waals surface area contributed by atoms with E-state index in [1.165, 1.54) is 5.69 Å². The fourth-order valence-corrected chi connectivity index (χ4v) is 3.11. The third kappa shape index (κ3) is 2.83. The van der Waals surface area contributed by atoms with Crippen LogP contribution in [0.5, 0.6) is 0 Å². The normalized spacial score (nSPS) is 20.3. The Balaban J connectivity index is 2.02. The average Bonchev–Trinajstić information content (AvgIpc) is 2.67. The number of piperidine rings is 1. The zero-order chi connectivity index (χ0) is 14.9. The topological polar surface area (TPSA) is 79.7 Å². The number of amidine groups is 1. The quantitative estimate of drug-likeness (QED) is 0.380. The minimum absolute atomic E-state index is 0.190. The highest BCUT2D eigenvalue weighted by Gasteiger charge is 2.34. The number of nitrogens with zero attached hydrogens (tertiary/aromatic N) is 4. The molecule has 1 aromatic rings. The number of aryl methyl sites for hydroxylation is 2. The van der Waals surface area contributed by atoms with Gasteiger partial charge in [0.15, 0.2) is 0 Å². The largest absolute Gasteiger partial charge is 0.409 e. The lowest BCUT2D eigenvalue weighted by atomic mass is 9.79. The van der Waals surface area contributed by atoms with Crippen LogP contribution in [-0.4, -0.2) is 38.8 Å². The Morgan fingerprint density at radius 1 is 1.50 bits per heavy atom. The Labute approximate surface area is 127 Å². The summed E-state index contributed by atoms with van der Waals surface area (Å²) < 4.78 is 3.02. The molecule has 0 unspecified atom stereocenters. The van der Waals surface area contributed by atoms with Gasteiger partial charge in [-0.3, -0.25) is 9.58 Å². The molecule has 1 aliphatic heterocycles. The zero-order valence-electron chi connectivity index (χ0n) is 12.2. The van der Waals surface area contributed by atoms with Gasteiger partial charge in [-0.2, -0.15) is 5.10 Å². The molecule has 0 amide bonds. The Morgan fingerprint density at radius 2 is 2.10 bits per heavy atom. The van der Waals surface area contributed by atoms with Crippen molar-refractivity contribution in [1.82, 2.24) is 14.7 Å². The molecule has 0 spiro atoms. The number of halogens is 1. The second-order valence-corrected chi connectivity index (χ2v) is 6.58. The van der Waals surface area contributed by atoms with E-state index < -0.39 is 0 Å². The lowest BCUT2D eigenvalue weighted by molar-refractivity contribution is 0.150. The highest BCUT2D eigenvalue weighted by atomic mass is 79.9. The second-order valence-electron chi connectivity index (χ2n) is 5.79. The molecular formula is C13H22BrN5O. The van der Waals surface area contributed by atoms with E-state index in [9.17, 15) is 0 Å². The van der Waals surface area contributed by atoms with Crippen molar-refractivity contribution in [3.05, 3.63) is 15.9 Å². The number of aromatic nitrogens is 2. The van der Waals surface area contributed by atoms with Crippen molar-refractivity contribution in [2.45, 2.75) is 33.2 Å². The van der Waals surface area contributed by atoms with Gasteiger partial charge < -0.3 is 10.9 Å². The molecule has 3 N–H and O–H groups in total. The summed E-state index contributed by atoms with van der Waals surface area (Å²) in [5, 5.41) is 16.5. The standard InChI is InChI=1S/C13H22BrN5O/c1-9-11(14)10(18(3)16-9)8-19-6-4-13(2,5-7-19)12(15)17-20/h20H,4-8H2,1-3H3,(H2,15,17). The Kier molecular flexibility index (Phi) is 4.39. The van der Waals surface area contributed by atoms with Gasteiger partial charge in [0, 0.05) is 19.0 Å². The first-order valence-corrected chi connectivity index (χ1v) is 7.55. The van der Waals surface area contributed by atoms with Crippen LogP contribution in [-0.2, 0) is 13.6 Å². The Morgan fingerprint density at radius 3 is 2.55 bits per heavy atom. The molecule has 1 aliphatic rings. The summed E-state index contributed by atoms with van der Waals surface area (Å²) >= 11 is 3.60. The smallest absolute Gasteiger partial charge is 0.145 e. The molecule has 20 heavy (non-hydrogen) atoms. The van der Waals surface area contributed by atoms with Crippen LogP contribution in [0.15, 0.2) is 9.63 Å². The lowest BCUT2D eigenvalue weighted by Gasteiger charge is -2.38. The maximum atomic E-state index is 8.86. The summed E-state index contributed by atoms with van der Waals surface area (Å²) in [6, 6.07) is 0. The molecule has 1 saturated heterocycles. The van der Waals surface area contributed by atoms with Gasteiger partial charge in [-0.25, -0.2) is 0 Å². The summed E-state index contributed by atoms with van der Waals surface area (Å²) in [7, 11) is 1.97. The molecule has 0 radical (unpaired) electrons. The molecule has 0 aromatic carbocycles. The molecule has 2 heterocycles. The Bertz CT molecular complexity index is 517. The molecule has 6 nitrogen and oxygen atoms in total. The van der Waals surface area contributed by atoms with Crippen LogP contribution in [0, 0.1) is 12.3 Å². The summed E-state index contributed by atoms with van der Waals surface area (Å²) in [6.45, 7) is 6.79. The van der Waals surface area contributed by atoms with Gasteiger partial charge in [-0.15, -0.1) is 0 Å². The van der Waals surface area contributed by atoms with Crippen molar-refractivity contribution in [1.29, 1.82) is 0 Å². The van der Waals surface area contributed by atoms with Crippen LogP contribution in [0.3, 0.4) is 0 Å². The monoisotopic (exact) mass is 343 g/mol. The minimum Gasteiger partial charge on any atom is -0.409 e. The van der Waals surface area contributed by atoms with Crippen molar-refractivity contribution >= 4 is 21.8 Å². The van der Waals surface area contributed by atoms with Crippen LogP contribution < -0.4 is 5.73 Å². The number of rotatable bonds is 3. The van der Waals surface area contributed by atoms with E-state index in [1.54, 1.807) is 0 Å². The highest BCUT2D eigenvalue weighted by molar-refractivity contribution is 9.10. The van der Waals surface area contributed by atoms with E-state index >= 15 is 0 Å². The summed E-state index contributed by atoms with van der Waals surface area (Å²) in [5.74, 6) is 0.342. The third-order valence-corrected chi connectivity index (χ3v) is 5.35. The molecule has 0 saturated carbocycles. The number of hydrogen-bond donors (Lipinski definition) is 2. The molecule has 7 heteroatoms. The lowest BCUT2D eigenvalue weighted by Crippen LogP contribution is -2.45. The van der Waals surface area contributed by atoms with Crippen molar-refractivity contribution < 1.29 is 5.21 Å². The van der Waals surface area contributed by atoms with Gasteiger partial charge in [0.25, 0.3) is 0 Å². The number of oxime groups is 1. The molecule has 1 aromatic heterocycles. The summed E-state index contributed by atoms with van der Waals surface area (Å²) in [5.41, 5.74) is 7.81. The van der Waals surface area contributed by atoms with Crippen LogP contribution in [0.2, 0.25) is 0 Å². The van der Waals surface area contributed by atoms with E-state index in [4.69, 9.17) is 10.9 Å². The first-order valence-electron chi connectivity index (χ1n) is 6.76. The van der Waals surface area contributed by atoms with Crippen LogP contribution in [0.1, 0.15) is 31.2 Å². The first kappa shape index (κ1) is 15.3. The van der Waals surface area contributed by atoms with E-state index in [2.05, 4.69) is 38.0 Å². The predicted molar refractivity (Wildman–Crippen MR) is 81.7 cm³/mol. The number of hydrogen-bond acceptors (Lipinski definition) is 4. The van der Waals surface area contributed by atoms with E-state index in [1.807, 2.05) is 18.7 Å². The van der Waals surface area contributed by atoms with Crippen LogP contribution in [0.25, 0.3) is 0 Å². The summed E-state index contributed by atoms with van der Waals surface area (Å²) in [6.07, 6.45) is 1.80. The van der Waals surface area contributed by atoms with E-state index in [-0.39, 0.29) is 5.41 Å². The van der Waals surface area contributed by atoms with Gasteiger partial charge in [0.05, 0.1) is 15.9 Å². The summed E-state index contributed by atoms with van der Waals surface area (Å²) in [4.78, 5) is 2.38. The molecule has 112 valence electrons. The predicted octanol–water partition coefficient (Wildman–Crippen LogP) is 1.84. The fraction of sp³-hybridized carbons (Fsp3) is 0.692.